The Hall–Kier alpha value is -2.52. The highest BCUT2D eigenvalue weighted by molar-refractivity contribution is 9.10. The molecule has 1 aromatic heterocycles. The second kappa shape index (κ2) is 10.4. The molecule has 1 heterocycles. The minimum Gasteiger partial charge on any atom is -0.302 e. The summed E-state index contributed by atoms with van der Waals surface area (Å²) in [5, 5.41) is 13.1. The molecule has 3 aromatic rings. The summed E-state index contributed by atoms with van der Waals surface area (Å²) < 4.78 is 16.4. The normalized spacial score (nSPS) is 11.8. The van der Waals surface area contributed by atoms with Gasteiger partial charge in [0.05, 0.1) is 12.0 Å². The molecule has 1 N–H and O–H groups in total. The van der Waals surface area contributed by atoms with Crippen molar-refractivity contribution in [3.05, 3.63) is 63.9 Å². The van der Waals surface area contributed by atoms with Crippen molar-refractivity contribution in [2.24, 2.45) is 5.10 Å². The number of hydrogen-bond donors (Lipinski definition) is 1. The number of benzene rings is 2. The van der Waals surface area contributed by atoms with Gasteiger partial charge in [-0.05, 0) is 36.1 Å². The Bertz CT molecular complexity index is 1120. The highest BCUT2D eigenvalue weighted by atomic mass is 79.9. The molecular formula is C23H25BrFN5OS. The molecule has 0 aliphatic carbocycles. The number of thioether (sulfide) groups is 1. The SMILES string of the molecule is CCn1c(SCC(=O)NN=Cc2cc(Br)ccc2F)nnc1-c1ccc(C(C)(C)C)cc1. The van der Waals surface area contributed by atoms with Gasteiger partial charge in [0.25, 0.3) is 5.91 Å². The Balaban J connectivity index is 1.63. The molecule has 0 bridgehead atoms. The van der Waals surface area contributed by atoms with E-state index in [4.69, 9.17) is 0 Å². The van der Waals surface area contributed by atoms with Crippen LogP contribution in [0.5, 0.6) is 0 Å². The molecule has 2 aromatic carbocycles. The second-order valence-electron chi connectivity index (χ2n) is 8.13. The van der Waals surface area contributed by atoms with Crippen molar-refractivity contribution in [3.8, 4) is 11.4 Å². The number of nitrogens with one attached hydrogen (secondary N) is 1. The zero-order valence-electron chi connectivity index (χ0n) is 18.4. The highest BCUT2D eigenvalue weighted by Gasteiger charge is 2.17. The van der Waals surface area contributed by atoms with E-state index < -0.39 is 5.82 Å². The van der Waals surface area contributed by atoms with E-state index in [0.29, 0.717) is 11.7 Å². The van der Waals surface area contributed by atoms with Gasteiger partial charge in [-0.15, -0.1) is 10.2 Å². The average Bonchev–Trinajstić information content (AvgIpc) is 3.17. The van der Waals surface area contributed by atoms with E-state index in [0.717, 1.165) is 15.9 Å². The van der Waals surface area contributed by atoms with E-state index in [-0.39, 0.29) is 22.6 Å². The standard InChI is InChI=1S/C23H25BrFN5OS/c1-5-30-21(15-6-8-17(9-7-15)23(2,3)4)28-29-22(30)32-14-20(31)27-26-13-16-12-18(24)10-11-19(16)25/h6-13H,5,14H2,1-4H3,(H,27,31). The summed E-state index contributed by atoms with van der Waals surface area (Å²) in [6.45, 7) is 9.21. The molecule has 0 fully saturated rings. The number of halogens is 2. The Labute approximate surface area is 199 Å². The lowest BCUT2D eigenvalue weighted by molar-refractivity contribution is -0.118. The average molecular weight is 518 g/mol. The summed E-state index contributed by atoms with van der Waals surface area (Å²) >= 11 is 4.55. The predicted octanol–water partition coefficient (Wildman–Crippen LogP) is 5.41. The van der Waals surface area contributed by atoms with Crippen LogP contribution in [0.1, 0.15) is 38.8 Å². The van der Waals surface area contributed by atoms with E-state index >= 15 is 0 Å². The molecule has 0 spiro atoms. The van der Waals surface area contributed by atoms with E-state index in [1.165, 1.54) is 29.6 Å². The summed E-state index contributed by atoms with van der Waals surface area (Å²) in [5.41, 5.74) is 5.00. The molecule has 168 valence electrons. The Kier molecular flexibility index (Phi) is 7.84. The van der Waals surface area contributed by atoms with Crippen molar-refractivity contribution in [1.29, 1.82) is 0 Å². The van der Waals surface area contributed by atoms with E-state index in [1.54, 1.807) is 12.1 Å². The van der Waals surface area contributed by atoms with Gasteiger partial charge >= 0.3 is 0 Å². The molecule has 0 atom stereocenters. The maximum atomic E-state index is 13.7. The zero-order valence-corrected chi connectivity index (χ0v) is 20.8. The maximum Gasteiger partial charge on any atom is 0.250 e. The number of hydrogen-bond acceptors (Lipinski definition) is 5. The van der Waals surface area contributed by atoms with Crippen LogP contribution in [0.2, 0.25) is 0 Å². The lowest BCUT2D eigenvalue weighted by Crippen LogP contribution is -2.20. The molecule has 32 heavy (non-hydrogen) atoms. The van der Waals surface area contributed by atoms with Crippen molar-refractivity contribution in [1.82, 2.24) is 20.2 Å². The van der Waals surface area contributed by atoms with Crippen LogP contribution < -0.4 is 5.43 Å². The zero-order chi connectivity index (χ0) is 23.3. The first-order chi connectivity index (χ1) is 15.2. The van der Waals surface area contributed by atoms with Crippen LogP contribution >= 0.6 is 27.7 Å². The topological polar surface area (TPSA) is 72.2 Å². The van der Waals surface area contributed by atoms with Crippen molar-refractivity contribution in [2.45, 2.75) is 44.8 Å². The molecule has 0 saturated heterocycles. The number of hydrazone groups is 1. The lowest BCUT2D eigenvalue weighted by atomic mass is 9.87. The van der Waals surface area contributed by atoms with Gasteiger partial charge < -0.3 is 4.57 Å². The Morgan fingerprint density at radius 1 is 1.22 bits per heavy atom. The smallest absolute Gasteiger partial charge is 0.250 e. The molecule has 6 nitrogen and oxygen atoms in total. The summed E-state index contributed by atoms with van der Waals surface area (Å²) in [6.07, 6.45) is 1.27. The van der Waals surface area contributed by atoms with Gasteiger partial charge in [-0.25, -0.2) is 9.82 Å². The van der Waals surface area contributed by atoms with Crippen molar-refractivity contribution >= 4 is 39.8 Å². The van der Waals surface area contributed by atoms with Crippen LogP contribution in [0.3, 0.4) is 0 Å². The minimum atomic E-state index is -0.417. The third-order valence-corrected chi connectivity index (χ3v) is 6.19. The molecule has 0 aliphatic heterocycles. The van der Waals surface area contributed by atoms with Gasteiger partial charge in [-0.2, -0.15) is 5.10 Å². The first-order valence-corrected chi connectivity index (χ1v) is 11.9. The summed E-state index contributed by atoms with van der Waals surface area (Å²) in [5.74, 6) is 0.140. The van der Waals surface area contributed by atoms with Crippen LogP contribution in [0, 0.1) is 5.82 Å². The fraction of sp³-hybridized carbons (Fsp3) is 0.304. The van der Waals surface area contributed by atoms with Gasteiger partial charge in [-0.3, -0.25) is 4.79 Å². The summed E-state index contributed by atoms with van der Waals surface area (Å²) in [6, 6.07) is 12.8. The number of amides is 1. The third-order valence-electron chi connectivity index (χ3n) is 4.73. The van der Waals surface area contributed by atoms with Gasteiger partial charge in [-0.1, -0.05) is 72.7 Å². The molecule has 0 saturated carbocycles. The molecular weight excluding hydrogens is 493 g/mol. The van der Waals surface area contributed by atoms with Crippen LogP contribution in [0.25, 0.3) is 11.4 Å². The summed E-state index contributed by atoms with van der Waals surface area (Å²) in [7, 11) is 0. The number of aromatic nitrogens is 3. The first-order valence-electron chi connectivity index (χ1n) is 10.1. The highest BCUT2D eigenvalue weighted by Crippen LogP contribution is 2.27. The predicted molar refractivity (Wildman–Crippen MR) is 130 cm³/mol. The fourth-order valence-electron chi connectivity index (χ4n) is 2.96. The number of carbonyl (C=O) groups excluding carboxylic acids is 1. The second-order valence-corrected chi connectivity index (χ2v) is 9.98. The fourth-order valence-corrected chi connectivity index (χ4v) is 4.14. The quantitative estimate of drug-likeness (QED) is 0.258. The number of rotatable bonds is 7. The van der Waals surface area contributed by atoms with E-state index in [9.17, 15) is 9.18 Å². The first kappa shape index (κ1) is 24.1. The van der Waals surface area contributed by atoms with Crippen LogP contribution in [0.4, 0.5) is 4.39 Å². The van der Waals surface area contributed by atoms with E-state index in [1.807, 2.05) is 23.6 Å². The molecule has 0 radical (unpaired) electrons. The Morgan fingerprint density at radius 2 is 1.94 bits per heavy atom. The van der Waals surface area contributed by atoms with Crippen molar-refractivity contribution in [2.75, 3.05) is 5.75 Å². The minimum absolute atomic E-state index is 0.0800. The van der Waals surface area contributed by atoms with Crippen molar-refractivity contribution in [3.63, 3.8) is 0 Å². The molecule has 3 rings (SSSR count). The molecule has 0 unspecified atom stereocenters. The molecule has 1 amide bonds. The number of carbonyl (C=O) groups is 1. The molecule has 9 heteroatoms. The van der Waals surface area contributed by atoms with Gasteiger partial charge in [0.1, 0.15) is 5.82 Å². The third kappa shape index (κ3) is 6.04. The van der Waals surface area contributed by atoms with Gasteiger partial charge in [0, 0.05) is 22.1 Å². The monoisotopic (exact) mass is 517 g/mol. The number of nitrogens with zero attached hydrogens (tertiary/aromatic N) is 4. The van der Waals surface area contributed by atoms with Crippen LogP contribution in [-0.4, -0.2) is 32.6 Å². The van der Waals surface area contributed by atoms with Gasteiger partial charge in [0.2, 0.25) is 0 Å². The van der Waals surface area contributed by atoms with Gasteiger partial charge in [0.15, 0.2) is 11.0 Å². The maximum absolute atomic E-state index is 13.7. The largest absolute Gasteiger partial charge is 0.302 e. The summed E-state index contributed by atoms with van der Waals surface area (Å²) in [4.78, 5) is 12.2. The Morgan fingerprint density at radius 3 is 2.59 bits per heavy atom. The van der Waals surface area contributed by atoms with E-state index in [2.05, 4.69) is 69.6 Å². The lowest BCUT2D eigenvalue weighted by Gasteiger charge is -2.19. The van der Waals surface area contributed by atoms with Crippen LogP contribution in [0.15, 0.2) is 57.2 Å². The molecule has 0 aliphatic rings. The van der Waals surface area contributed by atoms with Crippen LogP contribution in [-0.2, 0) is 16.8 Å². The van der Waals surface area contributed by atoms with Crippen molar-refractivity contribution < 1.29 is 9.18 Å².